The van der Waals surface area contributed by atoms with Gasteiger partial charge in [0.15, 0.2) is 0 Å². The summed E-state index contributed by atoms with van der Waals surface area (Å²) in [6, 6.07) is 31.2. The zero-order valence-electron chi connectivity index (χ0n) is 20.6. The molecule has 0 fully saturated rings. The second-order valence-electron chi connectivity index (χ2n) is 8.06. The van der Waals surface area contributed by atoms with Crippen molar-refractivity contribution in [2.75, 3.05) is 0 Å². The van der Waals surface area contributed by atoms with Crippen LogP contribution in [-0.2, 0) is 19.5 Å². The zero-order valence-corrected chi connectivity index (χ0v) is 23.5. The molecule has 2 heterocycles. The van der Waals surface area contributed by atoms with E-state index < -0.39 is 0 Å². The Labute approximate surface area is 221 Å². The molecule has 4 rings (SSSR count). The minimum absolute atomic E-state index is 0. The minimum Gasteiger partial charge on any atom is -0.255 e. The van der Waals surface area contributed by atoms with E-state index in [1.807, 2.05) is 73.1 Å². The summed E-state index contributed by atoms with van der Waals surface area (Å²) >= 11 is 0. The van der Waals surface area contributed by atoms with E-state index in [0.29, 0.717) is 11.8 Å². The van der Waals surface area contributed by atoms with Crippen LogP contribution in [0.2, 0.25) is 0 Å². The maximum Gasteiger partial charge on any atom is 1.00 e. The molecule has 0 saturated heterocycles. The fourth-order valence-corrected chi connectivity index (χ4v) is 3.23. The largest absolute Gasteiger partial charge is 1.00 e. The van der Waals surface area contributed by atoms with Gasteiger partial charge in [-0.25, -0.2) is 0 Å². The fourth-order valence-electron chi connectivity index (χ4n) is 3.01. The monoisotopic (exact) mass is 557 g/mol. The fraction of sp³-hybridized carbons (Fsp3) is 0.267. The van der Waals surface area contributed by atoms with Gasteiger partial charge in [0.2, 0.25) is 0 Å². The van der Waals surface area contributed by atoms with Crippen LogP contribution in [0, 0.1) is 6.07 Å². The summed E-state index contributed by atoms with van der Waals surface area (Å²) in [5.41, 5.74) is 4.57. The van der Waals surface area contributed by atoms with Crippen molar-refractivity contribution in [3.63, 3.8) is 0 Å². The maximum absolute atomic E-state index is 4.58. The van der Waals surface area contributed by atoms with Crippen LogP contribution < -0.4 is 5.30 Å². The Kier molecular flexibility index (Phi) is 15.1. The van der Waals surface area contributed by atoms with Crippen LogP contribution in [-0.4, -0.2) is 9.97 Å². The van der Waals surface area contributed by atoms with E-state index in [-0.39, 0.29) is 19.5 Å². The summed E-state index contributed by atoms with van der Waals surface area (Å²) in [7, 11) is 2.63. The number of benzene rings is 2. The van der Waals surface area contributed by atoms with Crippen molar-refractivity contribution in [1.82, 2.24) is 9.97 Å². The molecule has 0 aliphatic carbocycles. The van der Waals surface area contributed by atoms with E-state index in [9.17, 15) is 0 Å². The molecule has 4 aromatic rings. The maximum atomic E-state index is 4.58. The van der Waals surface area contributed by atoms with E-state index in [0.717, 1.165) is 24.2 Å². The molecule has 1 radical (unpaired) electrons. The molecular weight excluding hydrogens is 520 g/mol. The van der Waals surface area contributed by atoms with Gasteiger partial charge >= 0.3 is 19.5 Å². The molecular formula is C30H36N2PRu. The number of pyridine rings is 2. The first-order chi connectivity index (χ1) is 16.0. The SMILES string of the molecule is CCC(C)c1ccc(-c2cc(C(C)CC)ccn2)nc1.Pc1ccccc1.[Ru+].[c-]1ccccc1. The third-order valence-corrected chi connectivity index (χ3v) is 5.99. The van der Waals surface area contributed by atoms with E-state index in [1.165, 1.54) is 16.4 Å². The van der Waals surface area contributed by atoms with Crippen LogP contribution >= 0.6 is 9.24 Å². The van der Waals surface area contributed by atoms with Crippen LogP contribution in [0.4, 0.5) is 0 Å². The molecule has 2 aromatic heterocycles. The van der Waals surface area contributed by atoms with Gasteiger partial charge < -0.3 is 0 Å². The smallest absolute Gasteiger partial charge is 0.255 e. The summed E-state index contributed by atoms with van der Waals surface area (Å²) in [4.78, 5) is 9.04. The van der Waals surface area contributed by atoms with E-state index in [2.05, 4.69) is 77.2 Å². The molecule has 4 heteroatoms. The van der Waals surface area contributed by atoms with Gasteiger partial charge in [0, 0.05) is 12.4 Å². The Balaban J connectivity index is 0.000000336. The number of hydrogen-bond donors (Lipinski definition) is 0. The van der Waals surface area contributed by atoms with Gasteiger partial charge in [-0.3, -0.25) is 9.97 Å². The van der Waals surface area contributed by atoms with Crippen molar-refractivity contribution in [1.29, 1.82) is 0 Å². The Morgan fingerprint density at radius 2 is 1.35 bits per heavy atom. The summed E-state index contributed by atoms with van der Waals surface area (Å²) in [5, 5.41) is 1.24. The minimum atomic E-state index is 0. The molecule has 2 aromatic carbocycles. The van der Waals surface area contributed by atoms with E-state index in [4.69, 9.17) is 0 Å². The van der Waals surface area contributed by atoms with Crippen molar-refractivity contribution >= 4 is 14.5 Å². The second-order valence-corrected chi connectivity index (χ2v) is 8.72. The summed E-state index contributed by atoms with van der Waals surface area (Å²) in [6.45, 7) is 8.90. The van der Waals surface area contributed by atoms with Crippen molar-refractivity contribution in [2.45, 2.75) is 52.4 Å². The molecule has 0 spiro atoms. The quantitative estimate of drug-likeness (QED) is 0.142. The third-order valence-electron chi connectivity index (χ3n) is 5.60. The van der Waals surface area contributed by atoms with Crippen molar-refractivity contribution in [3.8, 4) is 11.4 Å². The van der Waals surface area contributed by atoms with Crippen LogP contribution in [0.3, 0.4) is 0 Å². The van der Waals surface area contributed by atoms with Crippen LogP contribution in [0.5, 0.6) is 0 Å². The summed E-state index contributed by atoms with van der Waals surface area (Å²) < 4.78 is 0. The Morgan fingerprint density at radius 3 is 1.79 bits per heavy atom. The van der Waals surface area contributed by atoms with Crippen LogP contribution in [0.15, 0.2) is 97.3 Å². The predicted molar refractivity (Wildman–Crippen MR) is 146 cm³/mol. The molecule has 3 atom stereocenters. The first kappa shape index (κ1) is 29.8. The van der Waals surface area contributed by atoms with Gasteiger partial charge in [-0.05, 0) is 59.3 Å². The normalized spacial score (nSPS) is 11.4. The summed E-state index contributed by atoms with van der Waals surface area (Å²) in [5.74, 6) is 1.13. The molecule has 0 aliphatic heterocycles. The van der Waals surface area contributed by atoms with Gasteiger partial charge in [-0.1, -0.05) is 64.1 Å². The third kappa shape index (κ3) is 10.8. The first-order valence-electron chi connectivity index (χ1n) is 11.7. The van der Waals surface area contributed by atoms with Crippen molar-refractivity contribution < 1.29 is 19.5 Å². The zero-order chi connectivity index (χ0) is 23.9. The topological polar surface area (TPSA) is 25.8 Å². The van der Waals surface area contributed by atoms with Crippen molar-refractivity contribution in [2.24, 2.45) is 0 Å². The standard InChI is InChI=1S/C18H24N2.C6H7P.C6H5.Ru/c1-5-13(3)15-9-10-19-18(11-15)17-8-7-16(12-20-17)14(4)6-2;7-6-4-2-1-3-5-6;1-2-4-6-5-3-1;/h7-14H,5-6H2,1-4H3;1-5H,7H2;1-5H;/q;;-1;+1. The first-order valence-corrected chi connectivity index (χ1v) is 12.3. The number of hydrogen-bond acceptors (Lipinski definition) is 2. The van der Waals surface area contributed by atoms with Crippen molar-refractivity contribution in [3.05, 3.63) is 115 Å². The van der Waals surface area contributed by atoms with Gasteiger partial charge in [0.05, 0.1) is 11.4 Å². The summed E-state index contributed by atoms with van der Waals surface area (Å²) in [6.07, 6.45) is 6.16. The van der Waals surface area contributed by atoms with Gasteiger partial charge in [-0.2, -0.15) is 36.4 Å². The van der Waals surface area contributed by atoms with Gasteiger partial charge in [-0.15, -0.1) is 9.24 Å². The Hall–Kier alpha value is -2.21. The molecule has 0 aliphatic rings. The molecule has 3 unspecified atom stereocenters. The predicted octanol–water partition coefficient (Wildman–Crippen LogP) is 7.84. The molecule has 0 saturated carbocycles. The molecule has 0 amide bonds. The Morgan fingerprint density at radius 1 is 0.735 bits per heavy atom. The average molecular weight is 557 g/mol. The second kappa shape index (κ2) is 17.3. The molecule has 2 nitrogen and oxygen atoms in total. The molecule has 34 heavy (non-hydrogen) atoms. The van der Waals surface area contributed by atoms with Crippen LogP contribution in [0.25, 0.3) is 11.4 Å². The Bertz CT molecular complexity index is 998. The van der Waals surface area contributed by atoms with Gasteiger partial charge in [0.25, 0.3) is 0 Å². The molecule has 0 N–H and O–H groups in total. The number of nitrogens with zero attached hydrogens (tertiary/aromatic N) is 2. The number of aromatic nitrogens is 2. The molecule has 179 valence electrons. The van der Waals surface area contributed by atoms with E-state index in [1.54, 1.807) is 0 Å². The molecule has 0 bridgehead atoms. The van der Waals surface area contributed by atoms with E-state index >= 15 is 0 Å². The average Bonchev–Trinajstić information content (AvgIpc) is 2.90. The van der Waals surface area contributed by atoms with Gasteiger partial charge in [0.1, 0.15) is 0 Å². The number of rotatable bonds is 5. The van der Waals surface area contributed by atoms with Crippen LogP contribution in [0.1, 0.15) is 63.5 Å².